The third kappa shape index (κ3) is 6.32. The Morgan fingerprint density at radius 3 is 1.96 bits per heavy atom. The van der Waals surface area contributed by atoms with Gasteiger partial charge < -0.3 is 9.97 Å². The van der Waals surface area contributed by atoms with E-state index in [1.807, 2.05) is 0 Å². The largest absolute Gasteiger partial charge is 0.355 e. The predicted octanol–water partition coefficient (Wildman–Crippen LogP) is 12.9. The molecule has 0 saturated heterocycles. The number of allylic oxidation sites excluding steroid dienone is 4. The molecule has 0 unspecified atom stereocenters. The first kappa shape index (κ1) is 33.2. The lowest BCUT2D eigenvalue weighted by molar-refractivity contribution is 0.718. The summed E-state index contributed by atoms with van der Waals surface area (Å²) in [7, 11) is 0. The lowest BCUT2D eigenvalue weighted by Gasteiger charge is -2.08. The Morgan fingerprint density at radius 1 is 0.596 bits per heavy atom. The van der Waals surface area contributed by atoms with E-state index in [1.165, 1.54) is 94.1 Å². The van der Waals surface area contributed by atoms with Crippen LogP contribution in [0.15, 0.2) is 46.9 Å². The third-order valence-corrected chi connectivity index (χ3v) is 11.0. The van der Waals surface area contributed by atoms with Crippen molar-refractivity contribution < 1.29 is 0 Å². The molecule has 0 amide bonds. The summed E-state index contributed by atoms with van der Waals surface area (Å²) in [5.41, 5.74) is 21.4. The van der Waals surface area contributed by atoms with Gasteiger partial charge in [-0.25, -0.2) is 9.97 Å². The van der Waals surface area contributed by atoms with Crippen molar-refractivity contribution in [3.63, 3.8) is 0 Å². The van der Waals surface area contributed by atoms with Crippen molar-refractivity contribution in [3.8, 4) is 11.1 Å². The van der Waals surface area contributed by atoms with E-state index in [4.69, 9.17) is 9.97 Å². The number of benzene rings is 1. The molecule has 0 saturated carbocycles. The Hall–Kier alpha value is -3.70. The highest BCUT2D eigenvalue weighted by molar-refractivity contribution is 9.10. The Labute approximate surface area is 289 Å². The number of halogens is 1. The first-order valence-corrected chi connectivity index (χ1v) is 18.3. The van der Waals surface area contributed by atoms with Crippen molar-refractivity contribution in [2.75, 3.05) is 0 Å². The second-order valence-electron chi connectivity index (χ2n) is 13.5. The van der Waals surface area contributed by atoms with E-state index in [9.17, 15) is 0 Å². The summed E-state index contributed by atoms with van der Waals surface area (Å²) in [5, 5.41) is 0. The molecule has 1 aromatic carbocycles. The molecule has 2 aliphatic heterocycles. The van der Waals surface area contributed by atoms with Crippen LogP contribution in [0.2, 0.25) is 0 Å². The number of unbranched alkanes of at least 4 members (excludes halogenated alkanes) is 4. The minimum Gasteiger partial charge on any atom is -0.355 e. The molecule has 2 aliphatic rings. The molecule has 244 valence electrons. The van der Waals surface area contributed by atoms with E-state index in [0.29, 0.717) is 0 Å². The van der Waals surface area contributed by atoms with Crippen molar-refractivity contribution in [3.05, 3.63) is 92.0 Å². The van der Waals surface area contributed by atoms with Crippen molar-refractivity contribution in [1.82, 2.24) is 19.9 Å². The number of aromatic nitrogens is 4. The lowest BCUT2D eigenvalue weighted by Crippen LogP contribution is -1.89. The smallest absolute Gasteiger partial charge is 0.0768 e. The second kappa shape index (κ2) is 13.8. The van der Waals surface area contributed by atoms with Crippen LogP contribution in [0.1, 0.15) is 125 Å². The number of aryl methyl sites for hydroxylation is 4. The summed E-state index contributed by atoms with van der Waals surface area (Å²) in [6.07, 6.45) is 9.34. The molecule has 0 fully saturated rings. The highest BCUT2D eigenvalue weighted by Gasteiger charge is 2.23. The number of nitrogens with zero attached hydrogens (tertiary/aromatic N) is 2. The van der Waals surface area contributed by atoms with Gasteiger partial charge in [-0.3, -0.25) is 0 Å². The maximum absolute atomic E-state index is 5.39. The fraction of sp³-hybridized carbons (Fsp3) is 0.381. The zero-order valence-electron chi connectivity index (χ0n) is 29.5. The highest BCUT2D eigenvalue weighted by atomic mass is 79.9. The molecule has 4 nitrogen and oxygen atoms in total. The summed E-state index contributed by atoms with van der Waals surface area (Å²) in [6, 6.07) is 15.5. The van der Waals surface area contributed by atoms with Crippen molar-refractivity contribution in [2.24, 2.45) is 0 Å². The van der Waals surface area contributed by atoms with Gasteiger partial charge in [-0.2, -0.15) is 0 Å². The van der Waals surface area contributed by atoms with E-state index in [0.717, 1.165) is 62.3 Å². The number of aromatic amines is 2. The summed E-state index contributed by atoms with van der Waals surface area (Å²) >= 11 is 3.65. The van der Waals surface area contributed by atoms with Gasteiger partial charge in [0.1, 0.15) is 0 Å². The van der Waals surface area contributed by atoms with Gasteiger partial charge in [0.05, 0.1) is 28.3 Å². The average molecular weight is 690 g/mol. The maximum atomic E-state index is 5.39. The summed E-state index contributed by atoms with van der Waals surface area (Å²) in [5.74, 6) is 0. The SMILES string of the molecule is CCCCCC1=C(C)c2cc3nc(c(-c4ccc(Br)cc4)c4[nH]c(cc5[nH]c(cc1n2)c(CCCCC)c5C)c(C)c4C)C(C)=C3C. The minimum absolute atomic E-state index is 0.998. The van der Waals surface area contributed by atoms with Gasteiger partial charge in [0.15, 0.2) is 0 Å². The Balaban J connectivity index is 1.77. The fourth-order valence-electron chi connectivity index (χ4n) is 7.15. The highest BCUT2D eigenvalue weighted by Crippen LogP contribution is 2.41. The summed E-state index contributed by atoms with van der Waals surface area (Å²) in [4.78, 5) is 18.5. The van der Waals surface area contributed by atoms with Crippen LogP contribution in [0.25, 0.3) is 55.5 Å². The van der Waals surface area contributed by atoms with E-state index >= 15 is 0 Å². The zero-order valence-corrected chi connectivity index (χ0v) is 31.1. The first-order chi connectivity index (χ1) is 22.6. The fourth-order valence-corrected chi connectivity index (χ4v) is 7.41. The average Bonchev–Trinajstić information content (AvgIpc) is 3.70. The number of nitrogens with one attached hydrogen (secondary N) is 2. The monoisotopic (exact) mass is 688 g/mol. The molecule has 47 heavy (non-hydrogen) atoms. The Bertz CT molecular complexity index is 2070. The van der Waals surface area contributed by atoms with Crippen molar-refractivity contribution in [2.45, 2.75) is 107 Å². The van der Waals surface area contributed by atoms with Crippen LogP contribution in [0.3, 0.4) is 0 Å². The molecule has 2 N–H and O–H groups in total. The number of hydrogen-bond acceptors (Lipinski definition) is 2. The van der Waals surface area contributed by atoms with Crippen LogP contribution in [-0.2, 0) is 6.42 Å². The van der Waals surface area contributed by atoms with Gasteiger partial charge in [-0.15, -0.1) is 0 Å². The number of fused-ring (bicyclic) bond motifs is 8. The molecule has 8 bridgehead atoms. The predicted molar refractivity (Wildman–Crippen MR) is 206 cm³/mol. The van der Waals surface area contributed by atoms with E-state index in [-0.39, 0.29) is 0 Å². The normalized spacial score (nSPS) is 13.3. The molecule has 6 rings (SSSR count). The van der Waals surface area contributed by atoms with Gasteiger partial charge in [-0.1, -0.05) is 67.6 Å². The van der Waals surface area contributed by atoms with E-state index in [2.05, 4.69) is 124 Å². The van der Waals surface area contributed by atoms with Gasteiger partial charge in [0.2, 0.25) is 0 Å². The van der Waals surface area contributed by atoms with Crippen LogP contribution in [0.5, 0.6) is 0 Å². The van der Waals surface area contributed by atoms with Crippen molar-refractivity contribution >= 4 is 60.3 Å². The standard InChI is InChI=1S/C42H49BrN4/c1-9-11-13-15-32-28(7)36-21-34-24(3)26(5)41(46-34)40(30-17-19-31(43)20-18-30)42-27(6)25(4)35(47-42)22-37-29(8)33(16-14-12-10-2)39(45-37)23-38(32)44-36/h17-23,44,46H,9-16H2,1-8H3. The molecule has 5 heterocycles. The minimum atomic E-state index is 0.998. The molecule has 0 radical (unpaired) electrons. The summed E-state index contributed by atoms with van der Waals surface area (Å²) < 4.78 is 1.06. The van der Waals surface area contributed by atoms with E-state index in [1.54, 1.807) is 0 Å². The molecular weight excluding hydrogens is 640 g/mol. The van der Waals surface area contributed by atoms with E-state index < -0.39 is 0 Å². The zero-order chi connectivity index (χ0) is 33.4. The quantitative estimate of drug-likeness (QED) is 0.172. The Kier molecular flexibility index (Phi) is 9.75. The van der Waals surface area contributed by atoms with Gasteiger partial charge in [0.25, 0.3) is 0 Å². The topological polar surface area (TPSA) is 57.4 Å². The lowest BCUT2D eigenvalue weighted by atomic mass is 9.97. The maximum Gasteiger partial charge on any atom is 0.0768 e. The van der Waals surface area contributed by atoms with Gasteiger partial charge in [-0.05, 0) is 148 Å². The van der Waals surface area contributed by atoms with Crippen LogP contribution < -0.4 is 0 Å². The third-order valence-electron chi connectivity index (χ3n) is 10.5. The van der Waals surface area contributed by atoms with Gasteiger partial charge in [0, 0.05) is 26.6 Å². The molecule has 0 aliphatic carbocycles. The van der Waals surface area contributed by atoms with Crippen LogP contribution in [-0.4, -0.2) is 19.9 Å². The van der Waals surface area contributed by atoms with Crippen molar-refractivity contribution in [1.29, 1.82) is 0 Å². The molecule has 0 spiro atoms. The van der Waals surface area contributed by atoms with Gasteiger partial charge >= 0.3 is 0 Å². The number of rotatable bonds is 9. The number of H-pyrrole nitrogens is 2. The van der Waals surface area contributed by atoms with Crippen LogP contribution >= 0.6 is 15.9 Å². The number of hydrogen-bond donors (Lipinski definition) is 2. The summed E-state index contributed by atoms with van der Waals surface area (Å²) in [6.45, 7) is 18.0. The molecule has 3 aromatic heterocycles. The molecule has 0 atom stereocenters. The first-order valence-electron chi connectivity index (χ1n) is 17.5. The van der Waals surface area contributed by atoms with Crippen LogP contribution in [0, 0.1) is 20.8 Å². The van der Waals surface area contributed by atoms with Crippen LogP contribution in [0.4, 0.5) is 0 Å². The second-order valence-corrected chi connectivity index (χ2v) is 14.4. The molecule has 5 heteroatoms. The molecule has 4 aromatic rings. The Morgan fingerprint density at radius 2 is 1.26 bits per heavy atom. The molecular formula is C42H49BrN4.